The van der Waals surface area contributed by atoms with Gasteiger partial charge in [0.25, 0.3) is 0 Å². The Morgan fingerprint density at radius 1 is 0.900 bits per heavy atom. The van der Waals surface area contributed by atoms with Crippen LogP contribution in [0, 0.1) is 0 Å². The van der Waals surface area contributed by atoms with Crippen LogP contribution in [0.25, 0.3) is 0 Å². The molecule has 1 atom stereocenters. The Bertz CT molecular complexity index is 552. The first-order valence-corrected chi connectivity index (χ1v) is 6.59. The van der Waals surface area contributed by atoms with Gasteiger partial charge in [-0.15, -0.1) is 0 Å². The zero-order chi connectivity index (χ0) is 14.4. The molecular formula is C16H19N3O. The molecule has 2 aromatic rings. The van der Waals surface area contributed by atoms with Crippen molar-refractivity contribution < 1.29 is 4.79 Å². The lowest BCUT2D eigenvalue weighted by atomic mass is 10.1. The largest absolute Gasteiger partial charge is 0.323 e. The van der Waals surface area contributed by atoms with Crippen molar-refractivity contribution in [3.63, 3.8) is 0 Å². The summed E-state index contributed by atoms with van der Waals surface area (Å²) in [6.07, 6.45) is 0. The van der Waals surface area contributed by atoms with E-state index in [1.807, 2.05) is 61.6 Å². The summed E-state index contributed by atoms with van der Waals surface area (Å²) in [6, 6.07) is 17.2. The predicted molar refractivity (Wildman–Crippen MR) is 83.0 cm³/mol. The van der Waals surface area contributed by atoms with E-state index >= 15 is 0 Å². The summed E-state index contributed by atoms with van der Waals surface area (Å²) in [4.78, 5) is 11.8. The maximum atomic E-state index is 11.8. The second-order valence-corrected chi connectivity index (χ2v) is 4.58. The van der Waals surface area contributed by atoms with Gasteiger partial charge >= 0.3 is 6.03 Å². The Balaban J connectivity index is 1.94. The molecule has 20 heavy (non-hydrogen) atoms. The summed E-state index contributed by atoms with van der Waals surface area (Å²) in [5.74, 6) is 0. The Morgan fingerprint density at radius 2 is 1.45 bits per heavy atom. The number of para-hydroxylation sites is 1. The molecular weight excluding hydrogens is 250 g/mol. The fourth-order valence-corrected chi connectivity index (χ4v) is 1.84. The van der Waals surface area contributed by atoms with E-state index in [9.17, 15) is 4.79 Å². The van der Waals surface area contributed by atoms with Crippen molar-refractivity contribution >= 4 is 17.4 Å². The van der Waals surface area contributed by atoms with E-state index < -0.39 is 0 Å². The Hall–Kier alpha value is -2.33. The van der Waals surface area contributed by atoms with E-state index in [0.717, 1.165) is 11.4 Å². The number of amides is 2. The highest BCUT2D eigenvalue weighted by Crippen LogP contribution is 2.16. The molecule has 4 heteroatoms. The summed E-state index contributed by atoms with van der Waals surface area (Å²) in [6.45, 7) is 2.09. The summed E-state index contributed by atoms with van der Waals surface area (Å²) < 4.78 is 0. The SMILES string of the molecule is CNC(C)c1ccc(NC(=O)Nc2ccccc2)cc1. The zero-order valence-corrected chi connectivity index (χ0v) is 11.7. The Morgan fingerprint density at radius 3 is 2.00 bits per heavy atom. The number of hydrogen-bond acceptors (Lipinski definition) is 2. The van der Waals surface area contributed by atoms with Crippen molar-refractivity contribution in [2.75, 3.05) is 17.7 Å². The van der Waals surface area contributed by atoms with Gasteiger partial charge in [0, 0.05) is 17.4 Å². The van der Waals surface area contributed by atoms with Crippen molar-refractivity contribution in [2.45, 2.75) is 13.0 Å². The fraction of sp³-hybridized carbons (Fsp3) is 0.188. The van der Waals surface area contributed by atoms with Gasteiger partial charge in [-0.3, -0.25) is 0 Å². The molecule has 3 N–H and O–H groups in total. The van der Waals surface area contributed by atoms with Crippen molar-refractivity contribution in [3.05, 3.63) is 60.2 Å². The van der Waals surface area contributed by atoms with Crippen LogP contribution in [0.1, 0.15) is 18.5 Å². The lowest BCUT2D eigenvalue weighted by molar-refractivity contribution is 0.262. The number of carbonyl (C=O) groups excluding carboxylic acids is 1. The van der Waals surface area contributed by atoms with Crippen LogP contribution in [0.5, 0.6) is 0 Å². The third-order valence-electron chi connectivity index (χ3n) is 3.13. The van der Waals surface area contributed by atoms with Crippen LogP contribution in [-0.4, -0.2) is 13.1 Å². The van der Waals surface area contributed by atoms with Gasteiger partial charge in [0.15, 0.2) is 0 Å². The van der Waals surface area contributed by atoms with Crippen molar-refractivity contribution in [2.24, 2.45) is 0 Å². The van der Waals surface area contributed by atoms with E-state index in [4.69, 9.17) is 0 Å². The van der Waals surface area contributed by atoms with Crippen molar-refractivity contribution in [3.8, 4) is 0 Å². The minimum absolute atomic E-state index is 0.245. The summed E-state index contributed by atoms with van der Waals surface area (Å²) in [5.41, 5.74) is 2.72. The second kappa shape index (κ2) is 6.73. The molecule has 1 unspecified atom stereocenters. The molecule has 0 spiro atoms. The first-order valence-electron chi connectivity index (χ1n) is 6.59. The molecule has 4 nitrogen and oxygen atoms in total. The summed E-state index contributed by atoms with van der Waals surface area (Å²) in [7, 11) is 1.92. The maximum Gasteiger partial charge on any atom is 0.323 e. The molecule has 0 heterocycles. The molecule has 0 bridgehead atoms. The van der Waals surface area contributed by atoms with Gasteiger partial charge in [0.2, 0.25) is 0 Å². The first kappa shape index (κ1) is 14.1. The summed E-state index contributed by atoms with van der Waals surface area (Å²) in [5, 5.41) is 8.76. The van der Waals surface area contributed by atoms with Crippen LogP contribution < -0.4 is 16.0 Å². The molecule has 0 radical (unpaired) electrons. The topological polar surface area (TPSA) is 53.2 Å². The molecule has 0 saturated heterocycles. The predicted octanol–water partition coefficient (Wildman–Crippen LogP) is 3.61. The molecule has 2 aromatic carbocycles. The molecule has 2 amide bonds. The zero-order valence-electron chi connectivity index (χ0n) is 11.7. The molecule has 104 valence electrons. The van der Waals surface area contributed by atoms with E-state index in [1.165, 1.54) is 5.56 Å². The van der Waals surface area contributed by atoms with Crippen LogP contribution in [-0.2, 0) is 0 Å². The Kier molecular flexibility index (Phi) is 4.74. The average Bonchev–Trinajstić information content (AvgIpc) is 2.48. The molecule has 0 aliphatic carbocycles. The number of benzene rings is 2. The third kappa shape index (κ3) is 3.83. The minimum atomic E-state index is -0.245. The number of hydrogen-bond donors (Lipinski definition) is 3. The molecule has 0 aliphatic rings. The molecule has 0 aromatic heterocycles. The molecule has 0 aliphatic heterocycles. The number of nitrogens with one attached hydrogen (secondary N) is 3. The average molecular weight is 269 g/mol. The summed E-state index contributed by atoms with van der Waals surface area (Å²) >= 11 is 0. The number of rotatable bonds is 4. The standard InChI is InChI=1S/C16H19N3O/c1-12(17-2)13-8-10-15(11-9-13)19-16(20)18-14-6-4-3-5-7-14/h3-12,17H,1-2H3,(H2,18,19,20). The van der Waals surface area contributed by atoms with Crippen LogP contribution >= 0.6 is 0 Å². The molecule has 2 rings (SSSR count). The highest BCUT2D eigenvalue weighted by molar-refractivity contribution is 5.99. The van der Waals surface area contributed by atoms with Crippen LogP contribution in [0.4, 0.5) is 16.2 Å². The quantitative estimate of drug-likeness (QED) is 0.794. The fourth-order valence-electron chi connectivity index (χ4n) is 1.84. The van der Waals surface area contributed by atoms with Gasteiger partial charge < -0.3 is 16.0 Å². The first-order chi connectivity index (χ1) is 9.69. The highest BCUT2D eigenvalue weighted by atomic mass is 16.2. The van der Waals surface area contributed by atoms with Gasteiger partial charge in [-0.1, -0.05) is 30.3 Å². The molecule has 0 fully saturated rings. The van der Waals surface area contributed by atoms with E-state index in [-0.39, 0.29) is 6.03 Å². The monoisotopic (exact) mass is 269 g/mol. The lowest BCUT2D eigenvalue weighted by Crippen LogP contribution is -2.19. The van der Waals surface area contributed by atoms with E-state index in [0.29, 0.717) is 6.04 Å². The smallest absolute Gasteiger partial charge is 0.313 e. The normalized spacial score (nSPS) is 11.7. The van der Waals surface area contributed by atoms with Gasteiger partial charge in [0.05, 0.1) is 0 Å². The van der Waals surface area contributed by atoms with Crippen molar-refractivity contribution in [1.82, 2.24) is 5.32 Å². The Labute approximate surface area is 119 Å². The second-order valence-electron chi connectivity index (χ2n) is 4.58. The van der Waals surface area contributed by atoms with Crippen LogP contribution in [0.2, 0.25) is 0 Å². The number of anilines is 2. The van der Waals surface area contributed by atoms with E-state index in [1.54, 1.807) is 0 Å². The van der Waals surface area contributed by atoms with E-state index in [2.05, 4.69) is 22.9 Å². The van der Waals surface area contributed by atoms with Crippen LogP contribution in [0.3, 0.4) is 0 Å². The molecule has 0 saturated carbocycles. The lowest BCUT2D eigenvalue weighted by Gasteiger charge is -2.12. The van der Waals surface area contributed by atoms with Crippen LogP contribution in [0.15, 0.2) is 54.6 Å². The number of urea groups is 1. The minimum Gasteiger partial charge on any atom is -0.313 e. The van der Waals surface area contributed by atoms with Gasteiger partial charge in [-0.2, -0.15) is 0 Å². The van der Waals surface area contributed by atoms with Gasteiger partial charge in [0.1, 0.15) is 0 Å². The van der Waals surface area contributed by atoms with Gasteiger partial charge in [-0.05, 0) is 43.8 Å². The van der Waals surface area contributed by atoms with Gasteiger partial charge in [-0.25, -0.2) is 4.79 Å². The highest BCUT2D eigenvalue weighted by Gasteiger charge is 2.04. The van der Waals surface area contributed by atoms with Crippen molar-refractivity contribution in [1.29, 1.82) is 0 Å². The maximum absolute atomic E-state index is 11.8. The number of carbonyl (C=O) groups is 1. The third-order valence-corrected chi connectivity index (χ3v) is 3.13.